The van der Waals surface area contributed by atoms with Gasteiger partial charge in [0.05, 0.1) is 11.5 Å². The van der Waals surface area contributed by atoms with Crippen molar-refractivity contribution in [2.75, 3.05) is 11.5 Å². The summed E-state index contributed by atoms with van der Waals surface area (Å²) < 4.78 is 56.2. The molecule has 2 radical (unpaired) electrons. The molecule has 0 aromatic carbocycles. The molecule has 0 saturated carbocycles. The quantitative estimate of drug-likeness (QED) is 0.473. The summed E-state index contributed by atoms with van der Waals surface area (Å²) in [5, 5.41) is 0. The molecular formula is C3H8CaO6S2. The van der Waals surface area contributed by atoms with Crippen LogP contribution in [0.25, 0.3) is 0 Å². The molecule has 9 heteroatoms. The van der Waals surface area contributed by atoms with Gasteiger partial charge >= 0.3 is 0 Å². The average molecular weight is 244 g/mol. The molecule has 0 saturated heterocycles. The largest absolute Gasteiger partial charge is 0.286 e. The average Bonchev–Trinajstić information content (AvgIpc) is 1.55. The molecule has 0 aliphatic heterocycles. The van der Waals surface area contributed by atoms with E-state index in [2.05, 4.69) is 0 Å². The van der Waals surface area contributed by atoms with Gasteiger partial charge in [0.25, 0.3) is 20.2 Å². The van der Waals surface area contributed by atoms with E-state index in [9.17, 15) is 16.8 Å². The van der Waals surface area contributed by atoms with Crippen molar-refractivity contribution in [3.8, 4) is 0 Å². The van der Waals surface area contributed by atoms with Gasteiger partial charge in [-0.1, -0.05) is 0 Å². The summed E-state index contributed by atoms with van der Waals surface area (Å²) >= 11 is 0. The third-order valence-electron chi connectivity index (χ3n) is 0.805. The molecule has 0 aromatic rings. The topological polar surface area (TPSA) is 109 Å². The third kappa shape index (κ3) is 13.7. The van der Waals surface area contributed by atoms with Crippen molar-refractivity contribution in [2.24, 2.45) is 0 Å². The first-order chi connectivity index (χ1) is 4.71. The van der Waals surface area contributed by atoms with Crippen LogP contribution in [0.1, 0.15) is 6.42 Å². The van der Waals surface area contributed by atoms with E-state index < -0.39 is 31.7 Å². The van der Waals surface area contributed by atoms with Crippen LogP contribution in [0.2, 0.25) is 0 Å². The van der Waals surface area contributed by atoms with Gasteiger partial charge in [-0.25, -0.2) is 0 Å². The Kier molecular flexibility index (Phi) is 7.43. The maximum Gasteiger partial charge on any atom is 0.264 e. The fraction of sp³-hybridized carbons (Fsp3) is 1.00. The van der Waals surface area contributed by atoms with E-state index in [4.69, 9.17) is 9.11 Å². The molecule has 0 rings (SSSR count). The predicted octanol–water partition coefficient (Wildman–Crippen LogP) is -1.23. The molecule has 0 spiro atoms. The van der Waals surface area contributed by atoms with Crippen LogP contribution in [-0.4, -0.2) is 75.2 Å². The maximum absolute atomic E-state index is 10.00. The zero-order valence-corrected chi connectivity index (χ0v) is 10.0. The molecule has 0 atom stereocenters. The Morgan fingerprint density at radius 2 is 1.08 bits per heavy atom. The van der Waals surface area contributed by atoms with Crippen molar-refractivity contribution >= 4 is 58.0 Å². The van der Waals surface area contributed by atoms with E-state index in [1.54, 1.807) is 0 Å². The molecule has 0 bridgehead atoms. The Morgan fingerprint density at radius 1 is 0.833 bits per heavy atom. The van der Waals surface area contributed by atoms with Gasteiger partial charge in [-0.05, 0) is 6.42 Å². The molecule has 0 aliphatic carbocycles. The normalized spacial score (nSPS) is 12.2. The van der Waals surface area contributed by atoms with Gasteiger partial charge in [-0.2, -0.15) is 16.8 Å². The molecule has 0 aromatic heterocycles. The fourth-order valence-corrected chi connectivity index (χ4v) is 1.62. The Morgan fingerprint density at radius 3 is 1.25 bits per heavy atom. The SMILES string of the molecule is O=S(=O)(O)CCCS(=O)(=O)O.[Ca]. The standard InChI is InChI=1S/C3H8O6S2.Ca/c4-10(5,6)2-1-3-11(7,8)9;/h1-3H2,(H,4,5,6)(H,7,8,9);. The van der Waals surface area contributed by atoms with Crippen LogP contribution >= 0.6 is 0 Å². The van der Waals surface area contributed by atoms with E-state index in [0.717, 1.165) is 0 Å². The molecule has 0 fully saturated rings. The Bertz CT molecular complexity index is 270. The molecule has 0 aliphatic rings. The Balaban J connectivity index is 0. The second kappa shape index (κ2) is 5.74. The van der Waals surface area contributed by atoms with Gasteiger partial charge in [0.2, 0.25) is 0 Å². The van der Waals surface area contributed by atoms with Crippen molar-refractivity contribution in [3.05, 3.63) is 0 Å². The molecule has 0 unspecified atom stereocenters. The smallest absolute Gasteiger partial charge is 0.264 e. The first kappa shape index (κ1) is 15.5. The molecule has 70 valence electrons. The molecule has 12 heavy (non-hydrogen) atoms. The third-order valence-corrected chi connectivity index (χ3v) is 2.41. The van der Waals surface area contributed by atoms with Crippen molar-refractivity contribution in [2.45, 2.75) is 6.42 Å². The second-order valence-corrected chi connectivity index (χ2v) is 5.07. The van der Waals surface area contributed by atoms with E-state index in [1.807, 2.05) is 0 Å². The number of hydrogen-bond donors (Lipinski definition) is 2. The van der Waals surface area contributed by atoms with E-state index in [1.165, 1.54) is 0 Å². The summed E-state index contributed by atoms with van der Waals surface area (Å²) in [7, 11) is -8.24. The van der Waals surface area contributed by atoms with Gasteiger partial charge in [0, 0.05) is 37.7 Å². The van der Waals surface area contributed by atoms with Crippen molar-refractivity contribution < 1.29 is 25.9 Å². The minimum Gasteiger partial charge on any atom is -0.286 e. The minimum absolute atomic E-state index is 0. The minimum atomic E-state index is -4.12. The van der Waals surface area contributed by atoms with Crippen LogP contribution < -0.4 is 0 Å². The van der Waals surface area contributed by atoms with Crippen LogP contribution in [0, 0.1) is 0 Å². The molecule has 0 amide bonds. The van der Waals surface area contributed by atoms with Crippen molar-refractivity contribution in [1.29, 1.82) is 0 Å². The predicted molar refractivity (Wildman–Crippen MR) is 43.2 cm³/mol. The molecular weight excluding hydrogens is 236 g/mol. The summed E-state index contributed by atoms with van der Waals surface area (Å²) in [6.45, 7) is 0. The van der Waals surface area contributed by atoms with E-state index in [-0.39, 0.29) is 44.2 Å². The van der Waals surface area contributed by atoms with Gasteiger partial charge in [-0.15, -0.1) is 0 Å². The monoisotopic (exact) mass is 244 g/mol. The summed E-state index contributed by atoms with van der Waals surface area (Å²) in [5.41, 5.74) is 0. The van der Waals surface area contributed by atoms with Crippen molar-refractivity contribution in [3.63, 3.8) is 0 Å². The first-order valence-corrected chi connectivity index (χ1v) is 5.83. The second-order valence-electron chi connectivity index (χ2n) is 1.93. The van der Waals surface area contributed by atoms with Crippen LogP contribution in [0.5, 0.6) is 0 Å². The molecule has 2 N–H and O–H groups in total. The number of rotatable bonds is 4. The van der Waals surface area contributed by atoms with Crippen LogP contribution in [0.15, 0.2) is 0 Å². The Hall–Kier alpha value is 1.08. The van der Waals surface area contributed by atoms with E-state index in [0.29, 0.717) is 0 Å². The van der Waals surface area contributed by atoms with Gasteiger partial charge in [0.1, 0.15) is 0 Å². The van der Waals surface area contributed by atoms with Crippen LogP contribution in [0.4, 0.5) is 0 Å². The number of hydrogen-bond acceptors (Lipinski definition) is 4. The summed E-state index contributed by atoms with van der Waals surface area (Å²) in [6.07, 6.45) is -0.308. The maximum atomic E-state index is 10.00. The van der Waals surface area contributed by atoms with Crippen molar-refractivity contribution in [1.82, 2.24) is 0 Å². The molecule has 6 nitrogen and oxygen atoms in total. The van der Waals surface area contributed by atoms with Crippen LogP contribution in [0.3, 0.4) is 0 Å². The summed E-state index contributed by atoms with van der Waals surface area (Å²) in [5.74, 6) is -1.32. The summed E-state index contributed by atoms with van der Waals surface area (Å²) in [6, 6.07) is 0. The zero-order valence-electron chi connectivity index (χ0n) is 6.17. The van der Waals surface area contributed by atoms with Gasteiger partial charge in [0.15, 0.2) is 0 Å². The van der Waals surface area contributed by atoms with E-state index >= 15 is 0 Å². The first-order valence-electron chi connectivity index (χ1n) is 2.61. The molecule has 0 heterocycles. The van der Waals surface area contributed by atoms with Crippen LogP contribution in [-0.2, 0) is 20.2 Å². The van der Waals surface area contributed by atoms with Gasteiger partial charge in [-0.3, -0.25) is 9.11 Å². The Labute approximate surface area is 101 Å². The summed E-state index contributed by atoms with van der Waals surface area (Å²) in [4.78, 5) is 0. The zero-order chi connectivity index (χ0) is 9.12. The fourth-order valence-electron chi connectivity index (χ4n) is 0.424. The van der Waals surface area contributed by atoms with Gasteiger partial charge < -0.3 is 0 Å².